The first-order valence-electron chi connectivity index (χ1n) is 8.31. The van der Waals surface area contributed by atoms with Gasteiger partial charge in [0, 0.05) is 19.0 Å². The van der Waals surface area contributed by atoms with Crippen LogP contribution in [0.1, 0.15) is 29.9 Å². The number of para-hydroxylation sites is 1. The Morgan fingerprint density at radius 1 is 0.913 bits per heavy atom. The minimum Gasteiger partial charge on any atom is -0.285 e. The zero-order valence-corrected chi connectivity index (χ0v) is 13.1. The summed E-state index contributed by atoms with van der Waals surface area (Å²) < 4.78 is 0. The predicted molar refractivity (Wildman–Crippen MR) is 91.8 cm³/mol. The fourth-order valence-electron chi connectivity index (χ4n) is 3.84. The quantitative estimate of drug-likeness (QED) is 0.793. The number of carbonyl (C=O) groups excluding carboxylic acids is 1. The van der Waals surface area contributed by atoms with Crippen LogP contribution in [0.15, 0.2) is 60.3 Å². The molecule has 23 heavy (non-hydrogen) atoms. The van der Waals surface area contributed by atoms with Crippen LogP contribution in [0.3, 0.4) is 0 Å². The van der Waals surface area contributed by atoms with Crippen LogP contribution < -0.4 is 5.01 Å². The molecule has 0 radical (unpaired) electrons. The van der Waals surface area contributed by atoms with E-state index in [1.54, 1.807) is 0 Å². The average Bonchev–Trinajstić information content (AvgIpc) is 3.05. The number of hydrazine groups is 1. The maximum atomic E-state index is 11.7. The van der Waals surface area contributed by atoms with Crippen molar-refractivity contribution in [1.29, 1.82) is 0 Å². The first-order valence-corrected chi connectivity index (χ1v) is 8.31. The van der Waals surface area contributed by atoms with E-state index in [0.717, 1.165) is 38.0 Å². The second-order valence-electron chi connectivity index (χ2n) is 6.22. The number of rotatable bonds is 2. The molecule has 0 aromatic heterocycles. The van der Waals surface area contributed by atoms with Crippen LogP contribution in [0.2, 0.25) is 0 Å². The summed E-state index contributed by atoms with van der Waals surface area (Å²) >= 11 is 0. The molecule has 1 saturated heterocycles. The molecule has 2 aromatic carbocycles. The number of benzene rings is 2. The number of allylic oxidation sites excluding steroid dienone is 1. The molecule has 0 saturated carbocycles. The molecule has 2 aliphatic rings. The third-order valence-electron chi connectivity index (χ3n) is 4.92. The van der Waals surface area contributed by atoms with E-state index in [2.05, 4.69) is 52.4 Å². The summed E-state index contributed by atoms with van der Waals surface area (Å²) in [5, 5.41) is 4.44. The number of hydrogen-bond acceptors (Lipinski definition) is 3. The lowest BCUT2D eigenvalue weighted by Crippen LogP contribution is -2.43. The summed E-state index contributed by atoms with van der Waals surface area (Å²) in [4.78, 5) is 11.7. The zero-order valence-electron chi connectivity index (χ0n) is 13.1. The Kier molecular flexibility index (Phi) is 3.64. The largest absolute Gasteiger partial charge is 0.285 e. The van der Waals surface area contributed by atoms with E-state index in [1.165, 1.54) is 16.8 Å². The second kappa shape index (κ2) is 5.94. The maximum absolute atomic E-state index is 11.7. The Morgan fingerprint density at radius 2 is 1.70 bits per heavy atom. The molecule has 0 N–H and O–H groups in total. The third kappa shape index (κ3) is 2.43. The number of anilines is 1. The molecular weight excluding hydrogens is 284 g/mol. The first kappa shape index (κ1) is 14.1. The smallest absolute Gasteiger partial charge is 0.148 e. The van der Waals surface area contributed by atoms with Crippen molar-refractivity contribution in [2.45, 2.75) is 25.2 Å². The van der Waals surface area contributed by atoms with Gasteiger partial charge in [-0.1, -0.05) is 48.5 Å². The first-order chi connectivity index (χ1) is 11.4. The highest BCUT2D eigenvalue weighted by molar-refractivity contribution is 5.61. The lowest BCUT2D eigenvalue weighted by Gasteiger charge is -2.39. The second-order valence-corrected chi connectivity index (χ2v) is 6.22. The van der Waals surface area contributed by atoms with Gasteiger partial charge in [-0.05, 0) is 36.5 Å². The van der Waals surface area contributed by atoms with Crippen molar-refractivity contribution in [3.05, 3.63) is 71.4 Å². The fourth-order valence-corrected chi connectivity index (χ4v) is 3.84. The monoisotopic (exact) mass is 304 g/mol. The van der Waals surface area contributed by atoms with Crippen molar-refractivity contribution >= 4 is 11.6 Å². The summed E-state index contributed by atoms with van der Waals surface area (Å²) in [7, 11) is 0. The molecule has 1 unspecified atom stereocenters. The van der Waals surface area contributed by atoms with Gasteiger partial charge < -0.3 is 0 Å². The Morgan fingerprint density at radius 3 is 2.52 bits per heavy atom. The number of aryl methyl sites for hydroxylation is 1. The van der Waals surface area contributed by atoms with Crippen LogP contribution in [0.5, 0.6) is 0 Å². The standard InChI is InChI=1S/C20H20N2O/c23-15-20-18(16-7-2-1-3-8-16)12-14-22(20)21-13-6-10-17-9-4-5-11-19(17)21/h1-5,7-9,11,18H,6,10,12-14H2. The highest BCUT2D eigenvalue weighted by Gasteiger charge is 2.35. The molecule has 2 aliphatic heterocycles. The fraction of sp³-hybridized carbons (Fsp3) is 0.300. The van der Waals surface area contributed by atoms with Crippen molar-refractivity contribution < 1.29 is 4.79 Å². The molecule has 1 atom stereocenters. The van der Waals surface area contributed by atoms with Gasteiger partial charge in [0.1, 0.15) is 11.6 Å². The van der Waals surface area contributed by atoms with Crippen molar-refractivity contribution in [2.75, 3.05) is 18.1 Å². The minimum atomic E-state index is 0.155. The molecule has 0 bridgehead atoms. The van der Waals surface area contributed by atoms with Gasteiger partial charge in [0.15, 0.2) is 0 Å². The van der Waals surface area contributed by atoms with Crippen LogP contribution in [0.4, 0.5) is 5.69 Å². The molecular formula is C20H20N2O. The molecule has 4 rings (SSSR count). The predicted octanol–water partition coefficient (Wildman–Crippen LogP) is 3.56. The summed E-state index contributed by atoms with van der Waals surface area (Å²) in [6.07, 6.45) is 3.20. The van der Waals surface area contributed by atoms with Gasteiger partial charge in [0.2, 0.25) is 0 Å². The van der Waals surface area contributed by atoms with Crippen molar-refractivity contribution in [3.8, 4) is 0 Å². The Bertz CT molecular complexity index is 749. The normalized spacial score (nSPS) is 20.3. The van der Waals surface area contributed by atoms with Crippen LogP contribution >= 0.6 is 0 Å². The van der Waals surface area contributed by atoms with Crippen molar-refractivity contribution in [3.63, 3.8) is 0 Å². The summed E-state index contributed by atoms with van der Waals surface area (Å²) in [5.41, 5.74) is 4.58. The van der Waals surface area contributed by atoms with Crippen LogP contribution in [-0.2, 0) is 11.2 Å². The Balaban J connectivity index is 1.68. The number of hydrogen-bond donors (Lipinski definition) is 0. The molecule has 1 fully saturated rings. The average molecular weight is 304 g/mol. The van der Waals surface area contributed by atoms with E-state index in [1.807, 2.05) is 18.2 Å². The van der Waals surface area contributed by atoms with E-state index in [9.17, 15) is 4.79 Å². The number of nitrogens with zero attached hydrogens (tertiary/aromatic N) is 2. The minimum absolute atomic E-state index is 0.155. The van der Waals surface area contributed by atoms with Gasteiger partial charge >= 0.3 is 0 Å². The summed E-state index contributed by atoms with van der Waals surface area (Å²) in [6, 6.07) is 18.8. The molecule has 3 heteroatoms. The van der Waals surface area contributed by atoms with E-state index in [0.29, 0.717) is 0 Å². The van der Waals surface area contributed by atoms with Crippen LogP contribution in [-0.4, -0.2) is 24.0 Å². The molecule has 0 aliphatic carbocycles. The van der Waals surface area contributed by atoms with Gasteiger partial charge in [-0.2, -0.15) is 0 Å². The maximum Gasteiger partial charge on any atom is 0.148 e. The summed E-state index contributed by atoms with van der Waals surface area (Å²) in [5.74, 6) is 2.40. The van der Waals surface area contributed by atoms with Crippen molar-refractivity contribution in [1.82, 2.24) is 5.01 Å². The third-order valence-corrected chi connectivity index (χ3v) is 4.92. The van der Waals surface area contributed by atoms with Crippen LogP contribution in [0.25, 0.3) is 0 Å². The zero-order chi connectivity index (χ0) is 15.6. The van der Waals surface area contributed by atoms with Crippen LogP contribution in [0, 0.1) is 0 Å². The molecule has 3 nitrogen and oxygen atoms in total. The van der Waals surface area contributed by atoms with Gasteiger partial charge in [0.25, 0.3) is 0 Å². The van der Waals surface area contributed by atoms with E-state index >= 15 is 0 Å². The molecule has 116 valence electrons. The van der Waals surface area contributed by atoms with Gasteiger partial charge in [-0.25, -0.2) is 4.79 Å². The summed E-state index contributed by atoms with van der Waals surface area (Å²) in [6.45, 7) is 1.84. The van der Waals surface area contributed by atoms with Gasteiger partial charge in [0.05, 0.1) is 5.69 Å². The lowest BCUT2D eigenvalue weighted by molar-refractivity contribution is 0.346. The van der Waals surface area contributed by atoms with E-state index in [4.69, 9.17) is 0 Å². The van der Waals surface area contributed by atoms with E-state index in [-0.39, 0.29) is 5.92 Å². The lowest BCUT2D eigenvalue weighted by atomic mass is 9.96. The molecule has 2 aromatic rings. The van der Waals surface area contributed by atoms with Gasteiger partial charge in [-0.3, -0.25) is 10.0 Å². The van der Waals surface area contributed by atoms with Crippen molar-refractivity contribution in [2.24, 2.45) is 0 Å². The Labute approximate surface area is 136 Å². The highest BCUT2D eigenvalue weighted by Crippen LogP contribution is 2.39. The molecule has 0 spiro atoms. The highest BCUT2D eigenvalue weighted by atomic mass is 16.1. The topological polar surface area (TPSA) is 23.6 Å². The van der Waals surface area contributed by atoms with E-state index < -0.39 is 0 Å². The molecule has 2 heterocycles. The van der Waals surface area contributed by atoms with Gasteiger partial charge in [-0.15, -0.1) is 0 Å². The Hall–Kier alpha value is -2.51. The number of fused-ring (bicyclic) bond motifs is 1. The SMILES string of the molecule is O=C=C1C(c2ccccc2)CCN1N1CCCc2ccccc21. The molecule has 0 amide bonds.